The van der Waals surface area contributed by atoms with Gasteiger partial charge in [0, 0.05) is 43.7 Å². The third kappa shape index (κ3) is 3.34. The molecule has 0 saturated carbocycles. The van der Waals surface area contributed by atoms with Crippen LogP contribution in [0.25, 0.3) is 0 Å². The molecule has 1 aliphatic heterocycles. The molecule has 112 valence electrons. The van der Waals surface area contributed by atoms with Crippen molar-refractivity contribution in [3.63, 3.8) is 0 Å². The minimum atomic E-state index is 0.0438. The summed E-state index contributed by atoms with van der Waals surface area (Å²) in [4.78, 5) is 7.02. The number of rotatable bonds is 4. The minimum Gasteiger partial charge on any atom is -0.305 e. The summed E-state index contributed by atoms with van der Waals surface area (Å²) in [5.74, 6) is 0.503. The Kier molecular flexibility index (Phi) is 4.38. The molecule has 0 spiro atoms. The molecule has 1 aromatic heterocycles. The Balaban J connectivity index is 1.68. The van der Waals surface area contributed by atoms with Crippen molar-refractivity contribution >= 4 is 11.3 Å². The molecule has 1 N–H and O–H groups in total. The first-order valence-electron chi connectivity index (χ1n) is 7.60. The summed E-state index contributed by atoms with van der Waals surface area (Å²) in [6.45, 7) is 8.86. The van der Waals surface area contributed by atoms with Gasteiger partial charge < -0.3 is 5.32 Å². The second-order valence-electron chi connectivity index (χ2n) is 6.13. The average molecular weight is 301 g/mol. The van der Waals surface area contributed by atoms with Gasteiger partial charge in [-0.25, -0.2) is 4.98 Å². The van der Waals surface area contributed by atoms with Crippen molar-refractivity contribution < 1.29 is 0 Å². The first kappa shape index (κ1) is 14.7. The van der Waals surface area contributed by atoms with Crippen molar-refractivity contribution in [2.24, 2.45) is 0 Å². The van der Waals surface area contributed by atoms with Gasteiger partial charge in [0.05, 0.1) is 10.5 Å². The number of benzene rings is 1. The molecule has 3 nitrogen and oxygen atoms in total. The van der Waals surface area contributed by atoms with Crippen molar-refractivity contribution in [1.29, 1.82) is 0 Å². The Bertz CT molecular complexity index is 555. The molecular formula is C17H23N3S. The first-order valence-corrected chi connectivity index (χ1v) is 8.48. The Hall–Kier alpha value is -1.23. The number of aromatic nitrogens is 1. The van der Waals surface area contributed by atoms with E-state index in [2.05, 4.69) is 64.8 Å². The van der Waals surface area contributed by atoms with Gasteiger partial charge in [-0.1, -0.05) is 37.3 Å². The van der Waals surface area contributed by atoms with E-state index in [1.807, 2.05) is 6.20 Å². The second kappa shape index (κ2) is 6.26. The predicted molar refractivity (Wildman–Crippen MR) is 88.8 cm³/mol. The Labute approximate surface area is 131 Å². The van der Waals surface area contributed by atoms with Crippen LogP contribution in [0.15, 0.2) is 41.9 Å². The Morgan fingerprint density at radius 1 is 1.38 bits per heavy atom. The lowest BCUT2D eigenvalue weighted by Crippen LogP contribution is -2.57. The van der Waals surface area contributed by atoms with Crippen LogP contribution in [0.4, 0.5) is 0 Å². The molecule has 4 heteroatoms. The van der Waals surface area contributed by atoms with Crippen LogP contribution in [-0.2, 0) is 5.54 Å². The third-order valence-electron chi connectivity index (χ3n) is 4.30. The number of nitrogens with zero attached hydrogens (tertiary/aromatic N) is 2. The van der Waals surface area contributed by atoms with Gasteiger partial charge in [-0.05, 0) is 12.5 Å². The van der Waals surface area contributed by atoms with E-state index in [9.17, 15) is 0 Å². The minimum absolute atomic E-state index is 0.0438. The molecule has 0 amide bonds. The van der Waals surface area contributed by atoms with Crippen molar-refractivity contribution in [2.75, 3.05) is 26.2 Å². The summed E-state index contributed by atoms with van der Waals surface area (Å²) < 4.78 is 0. The SMILES string of the molecule is CC(CN1CCNC(C)(c2ccccc2)C1)c1nccs1. The van der Waals surface area contributed by atoms with Crippen LogP contribution < -0.4 is 5.32 Å². The highest BCUT2D eigenvalue weighted by molar-refractivity contribution is 7.09. The Morgan fingerprint density at radius 2 is 2.19 bits per heavy atom. The van der Waals surface area contributed by atoms with E-state index < -0.39 is 0 Å². The maximum absolute atomic E-state index is 4.45. The fraction of sp³-hybridized carbons (Fsp3) is 0.471. The molecule has 2 unspecified atom stereocenters. The molecule has 0 aliphatic carbocycles. The van der Waals surface area contributed by atoms with Crippen molar-refractivity contribution in [3.05, 3.63) is 52.5 Å². The zero-order valence-corrected chi connectivity index (χ0v) is 13.6. The molecule has 0 bridgehead atoms. The van der Waals surface area contributed by atoms with Crippen LogP contribution in [0, 0.1) is 0 Å². The number of nitrogens with one attached hydrogen (secondary N) is 1. The smallest absolute Gasteiger partial charge is 0.0965 e. The molecular weight excluding hydrogens is 278 g/mol. The van der Waals surface area contributed by atoms with Crippen molar-refractivity contribution in [1.82, 2.24) is 15.2 Å². The maximum Gasteiger partial charge on any atom is 0.0965 e. The highest BCUT2D eigenvalue weighted by Gasteiger charge is 2.32. The molecule has 1 aliphatic rings. The fourth-order valence-electron chi connectivity index (χ4n) is 3.17. The van der Waals surface area contributed by atoms with E-state index in [1.54, 1.807) is 11.3 Å². The van der Waals surface area contributed by atoms with Crippen molar-refractivity contribution in [3.8, 4) is 0 Å². The molecule has 3 rings (SSSR count). The lowest BCUT2D eigenvalue weighted by molar-refractivity contribution is 0.137. The van der Waals surface area contributed by atoms with Crippen LogP contribution in [0.1, 0.15) is 30.3 Å². The van der Waals surface area contributed by atoms with E-state index in [-0.39, 0.29) is 5.54 Å². The van der Waals surface area contributed by atoms with E-state index in [0.717, 1.165) is 26.2 Å². The number of hydrogen-bond donors (Lipinski definition) is 1. The summed E-state index contributed by atoms with van der Waals surface area (Å²) >= 11 is 1.76. The monoisotopic (exact) mass is 301 g/mol. The van der Waals surface area contributed by atoms with Gasteiger partial charge in [0.15, 0.2) is 0 Å². The summed E-state index contributed by atoms with van der Waals surface area (Å²) in [5, 5.41) is 7.01. The van der Waals surface area contributed by atoms with Gasteiger partial charge in [-0.3, -0.25) is 4.90 Å². The summed E-state index contributed by atoms with van der Waals surface area (Å²) in [5.41, 5.74) is 1.42. The average Bonchev–Trinajstić information content (AvgIpc) is 3.03. The standard InChI is InChI=1S/C17H23N3S/c1-14(16-18-9-11-21-16)12-20-10-8-19-17(2,13-20)15-6-4-3-5-7-15/h3-7,9,11,14,19H,8,10,12-13H2,1-2H3. The molecule has 2 aromatic rings. The van der Waals surface area contributed by atoms with E-state index in [4.69, 9.17) is 0 Å². The van der Waals surface area contributed by atoms with Crippen LogP contribution in [0.5, 0.6) is 0 Å². The van der Waals surface area contributed by atoms with Crippen LogP contribution in [0.3, 0.4) is 0 Å². The summed E-state index contributed by atoms with van der Waals surface area (Å²) in [7, 11) is 0. The Morgan fingerprint density at radius 3 is 2.90 bits per heavy atom. The van der Waals surface area contributed by atoms with Gasteiger partial charge in [0.2, 0.25) is 0 Å². The lowest BCUT2D eigenvalue weighted by atomic mass is 9.89. The normalized spacial score (nSPS) is 24.9. The van der Waals surface area contributed by atoms with E-state index in [1.165, 1.54) is 10.6 Å². The second-order valence-corrected chi connectivity index (χ2v) is 7.06. The highest BCUT2D eigenvalue weighted by Crippen LogP contribution is 2.26. The zero-order chi connectivity index (χ0) is 14.7. The van der Waals surface area contributed by atoms with Gasteiger partial charge in [-0.2, -0.15) is 0 Å². The van der Waals surface area contributed by atoms with Crippen LogP contribution in [0.2, 0.25) is 0 Å². The summed E-state index contributed by atoms with van der Waals surface area (Å²) in [6.07, 6.45) is 1.91. The van der Waals surface area contributed by atoms with E-state index in [0.29, 0.717) is 5.92 Å². The molecule has 0 radical (unpaired) electrons. The van der Waals surface area contributed by atoms with Gasteiger partial charge in [0.1, 0.15) is 0 Å². The van der Waals surface area contributed by atoms with Crippen LogP contribution >= 0.6 is 11.3 Å². The number of thiazole rings is 1. The number of piperazine rings is 1. The largest absolute Gasteiger partial charge is 0.305 e. The fourth-order valence-corrected chi connectivity index (χ4v) is 3.86. The van der Waals surface area contributed by atoms with Crippen molar-refractivity contribution in [2.45, 2.75) is 25.3 Å². The van der Waals surface area contributed by atoms with Gasteiger partial charge in [-0.15, -0.1) is 11.3 Å². The molecule has 1 aromatic carbocycles. The highest BCUT2D eigenvalue weighted by atomic mass is 32.1. The summed E-state index contributed by atoms with van der Waals surface area (Å²) in [6, 6.07) is 10.8. The molecule has 1 fully saturated rings. The van der Waals surface area contributed by atoms with Gasteiger partial charge in [0.25, 0.3) is 0 Å². The third-order valence-corrected chi connectivity index (χ3v) is 5.31. The lowest BCUT2D eigenvalue weighted by Gasteiger charge is -2.42. The molecule has 1 saturated heterocycles. The first-order chi connectivity index (χ1) is 10.2. The quantitative estimate of drug-likeness (QED) is 0.941. The van der Waals surface area contributed by atoms with E-state index >= 15 is 0 Å². The topological polar surface area (TPSA) is 28.2 Å². The number of hydrogen-bond acceptors (Lipinski definition) is 4. The molecule has 2 atom stereocenters. The van der Waals surface area contributed by atoms with Crippen LogP contribution in [-0.4, -0.2) is 36.1 Å². The molecule has 21 heavy (non-hydrogen) atoms. The van der Waals surface area contributed by atoms with Gasteiger partial charge >= 0.3 is 0 Å². The zero-order valence-electron chi connectivity index (χ0n) is 12.7. The molecule has 2 heterocycles. The predicted octanol–water partition coefficient (Wildman–Crippen LogP) is 3.07. The maximum atomic E-state index is 4.45.